The van der Waals surface area contributed by atoms with E-state index in [1.165, 1.54) is 11.3 Å². The van der Waals surface area contributed by atoms with E-state index < -0.39 is 5.60 Å². The summed E-state index contributed by atoms with van der Waals surface area (Å²) in [6.45, 7) is 5.94. The zero-order valence-electron chi connectivity index (χ0n) is 12.0. The molecule has 2 N–H and O–H groups in total. The molecule has 20 heavy (non-hydrogen) atoms. The Morgan fingerprint density at radius 2 is 2.25 bits per heavy atom. The van der Waals surface area contributed by atoms with Crippen molar-refractivity contribution in [1.29, 1.82) is 0 Å². The lowest BCUT2D eigenvalue weighted by Crippen LogP contribution is -2.39. The highest BCUT2D eigenvalue weighted by molar-refractivity contribution is 7.08. The van der Waals surface area contributed by atoms with Crippen molar-refractivity contribution in [1.82, 2.24) is 9.88 Å². The first kappa shape index (κ1) is 14.8. The summed E-state index contributed by atoms with van der Waals surface area (Å²) in [7, 11) is 0. The van der Waals surface area contributed by atoms with E-state index in [2.05, 4.69) is 5.32 Å². The molecule has 0 aromatic carbocycles. The van der Waals surface area contributed by atoms with Crippen molar-refractivity contribution in [2.45, 2.75) is 32.4 Å². The summed E-state index contributed by atoms with van der Waals surface area (Å²) in [5.74, 6) is -0.167. The first-order valence-corrected chi connectivity index (χ1v) is 7.56. The third-order valence-corrected chi connectivity index (χ3v) is 3.99. The molecule has 0 aliphatic carbocycles. The van der Waals surface area contributed by atoms with Crippen molar-refractivity contribution in [3.05, 3.63) is 46.4 Å². The average molecular weight is 292 g/mol. The van der Waals surface area contributed by atoms with Crippen LogP contribution in [0, 0.1) is 0 Å². The molecule has 0 radical (unpaired) electrons. The fourth-order valence-corrected chi connectivity index (χ4v) is 2.84. The zero-order valence-corrected chi connectivity index (χ0v) is 12.8. The van der Waals surface area contributed by atoms with Gasteiger partial charge in [0.25, 0.3) is 5.91 Å². The minimum Gasteiger partial charge on any atom is -0.384 e. The molecule has 2 aromatic heterocycles. The molecular weight excluding hydrogens is 272 g/mol. The summed E-state index contributed by atoms with van der Waals surface area (Å²) in [6.07, 6.45) is 1.89. The van der Waals surface area contributed by atoms with E-state index in [-0.39, 0.29) is 18.5 Å². The number of rotatable bonds is 5. The van der Waals surface area contributed by atoms with Crippen molar-refractivity contribution in [2.75, 3.05) is 6.54 Å². The maximum atomic E-state index is 12.2. The second-order valence-electron chi connectivity index (χ2n) is 5.36. The predicted molar refractivity (Wildman–Crippen MR) is 81.0 cm³/mol. The van der Waals surface area contributed by atoms with Gasteiger partial charge in [-0.15, -0.1) is 0 Å². The van der Waals surface area contributed by atoms with Gasteiger partial charge >= 0.3 is 0 Å². The molecule has 1 unspecified atom stereocenters. The Kier molecular flexibility index (Phi) is 4.30. The SMILES string of the molecule is CC(C)n1cccc1C(=O)NCC(C)(O)c1ccsc1. The number of amides is 1. The Bertz CT molecular complexity index is 570. The van der Waals surface area contributed by atoms with Crippen LogP contribution < -0.4 is 5.32 Å². The maximum absolute atomic E-state index is 12.2. The van der Waals surface area contributed by atoms with Crippen molar-refractivity contribution in [3.63, 3.8) is 0 Å². The van der Waals surface area contributed by atoms with Crippen LogP contribution in [-0.4, -0.2) is 22.1 Å². The molecule has 0 spiro atoms. The predicted octanol–water partition coefficient (Wildman–Crippen LogP) is 2.77. The van der Waals surface area contributed by atoms with Crippen LogP contribution in [0.3, 0.4) is 0 Å². The van der Waals surface area contributed by atoms with Crippen LogP contribution in [0.4, 0.5) is 0 Å². The molecule has 2 heterocycles. The van der Waals surface area contributed by atoms with Crippen LogP contribution >= 0.6 is 11.3 Å². The zero-order chi connectivity index (χ0) is 14.8. The number of carbonyl (C=O) groups is 1. The number of thiophene rings is 1. The van der Waals surface area contributed by atoms with E-state index >= 15 is 0 Å². The first-order valence-electron chi connectivity index (χ1n) is 6.62. The van der Waals surface area contributed by atoms with Gasteiger partial charge in [0.2, 0.25) is 0 Å². The van der Waals surface area contributed by atoms with Gasteiger partial charge in [-0.1, -0.05) is 0 Å². The van der Waals surface area contributed by atoms with Crippen molar-refractivity contribution < 1.29 is 9.90 Å². The van der Waals surface area contributed by atoms with E-state index in [1.807, 2.05) is 47.5 Å². The average Bonchev–Trinajstić information content (AvgIpc) is 3.06. The minimum atomic E-state index is -1.05. The molecule has 0 fully saturated rings. The van der Waals surface area contributed by atoms with E-state index in [0.29, 0.717) is 5.69 Å². The van der Waals surface area contributed by atoms with Crippen molar-refractivity contribution in [2.24, 2.45) is 0 Å². The molecule has 2 rings (SSSR count). The molecule has 108 valence electrons. The molecule has 0 saturated carbocycles. The Balaban J connectivity index is 2.04. The lowest BCUT2D eigenvalue weighted by Gasteiger charge is -2.23. The van der Waals surface area contributed by atoms with Gasteiger partial charge in [0.15, 0.2) is 0 Å². The normalized spacial score (nSPS) is 14.2. The Labute approximate surface area is 123 Å². The quantitative estimate of drug-likeness (QED) is 0.890. The van der Waals surface area contributed by atoms with Gasteiger partial charge in [0.1, 0.15) is 11.3 Å². The fraction of sp³-hybridized carbons (Fsp3) is 0.400. The third-order valence-electron chi connectivity index (χ3n) is 3.30. The Morgan fingerprint density at radius 1 is 1.50 bits per heavy atom. The summed E-state index contributed by atoms with van der Waals surface area (Å²) in [5, 5.41) is 17.0. The summed E-state index contributed by atoms with van der Waals surface area (Å²) in [4.78, 5) is 12.2. The molecule has 0 bridgehead atoms. The van der Waals surface area contributed by atoms with Crippen LogP contribution in [0.25, 0.3) is 0 Å². The number of aliphatic hydroxyl groups is 1. The number of nitrogens with one attached hydrogen (secondary N) is 1. The second-order valence-corrected chi connectivity index (χ2v) is 6.14. The van der Waals surface area contributed by atoms with Gasteiger partial charge in [0, 0.05) is 12.2 Å². The molecule has 5 heteroatoms. The molecule has 2 aromatic rings. The molecule has 0 aliphatic heterocycles. The topological polar surface area (TPSA) is 54.3 Å². The number of nitrogens with zero attached hydrogens (tertiary/aromatic N) is 1. The van der Waals surface area contributed by atoms with Gasteiger partial charge < -0.3 is 15.0 Å². The summed E-state index contributed by atoms with van der Waals surface area (Å²) in [6, 6.07) is 5.73. The monoisotopic (exact) mass is 292 g/mol. The molecule has 0 aliphatic rings. The second kappa shape index (κ2) is 5.81. The third kappa shape index (κ3) is 3.11. The number of carbonyl (C=O) groups excluding carboxylic acids is 1. The first-order chi connectivity index (χ1) is 9.42. The molecule has 1 atom stereocenters. The fourth-order valence-electron chi connectivity index (χ4n) is 2.05. The van der Waals surface area contributed by atoms with Crippen LogP contribution in [0.5, 0.6) is 0 Å². The maximum Gasteiger partial charge on any atom is 0.268 e. The molecule has 4 nitrogen and oxygen atoms in total. The molecule has 1 amide bonds. The van der Waals surface area contributed by atoms with E-state index in [9.17, 15) is 9.90 Å². The smallest absolute Gasteiger partial charge is 0.268 e. The van der Waals surface area contributed by atoms with Crippen molar-refractivity contribution in [3.8, 4) is 0 Å². The largest absolute Gasteiger partial charge is 0.384 e. The Hall–Kier alpha value is -1.59. The van der Waals surface area contributed by atoms with E-state index in [1.54, 1.807) is 13.0 Å². The van der Waals surface area contributed by atoms with E-state index in [4.69, 9.17) is 0 Å². The number of hydrogen-bond acceptors (Lipinski definition) is 3. The van der Waals surface area contributed by atoms with Crippen LogP contribution in [-0.2, 0) is 5.60 Å². The van der Waals surface area contributed by atoms with Gasteiger partial charge in [-0.25, -0.2) is 0 Å². The van der Waals surface area contributed by atoms with Gasteiger partial charge in [-0.05, 0) is 55.3 Å². The highest BCUT2D eigenvalue weighted by atomic mass is 32.1. The lowest BCUT2D eigenvalue weighted by molar-refractivity contribution is 0.0527. The lowest BCUT2D eigenvalue weighted by atomic mass is 9.99. The van der Waals surface area contributed by atoms with E-state index in [0.717, 1.165) is 5.56 Å². The van der Waals surface area contributed by atoms with Crippen molar-refractivity contribution >= 4 is 17.2 Å². The van der Waals surface area contributed by atoms with Crippen LogP contribution in [0.15, 0.2) is 35.2 Å². The standard InChI is InChI=1S/C15H20N2O2S/c1-11(2)17-7-4-5-13(17)14(18)16-10-15(3,19)12-6-8-20-9-12/h4-9,11,19H,10H2,1-3H3,(H,16,18). The molecular formula is C15H20N2O2S. The van der Waals surface area contributed by atoms with Crippen LogP contribution in [0.2, 0.25) is 0 Å². The summed E-state index contributed by atoms with van der Waals surface area (Å²) >= 11 is 1.53. The summed E-state index contributed by atoms with van der Waals surface area (Å²) in [5.41, 5.74) is 0.383. The van der Waals surface area contributed by atoms with Gasteiger partial charge in [0.05, 0.1) is 6.54 Å². The van der Waals surface area contributed by atoms with Gasteiger partial charge in [-0.2, -0.15) is 11.3 Å². The highest BCUT2D eigenvalue weighted by Gasteiger charge is 2.25. The minimum absolute atomic E-state index is 0.167. The number of aromatic nitrogens is 1. The number of hydrogen-bond donors (Lipinski definition) is 2. The molecule has 0 saturated heterocycles. The highest BCUT2D eigenvalue weighted by Crippen LogP contribution is 2.22. The van der Waals surface area contributed by atoms with Gasteiger partial charge in [-0.3, -0.25) is 4.79 Å². The van der Waals surface area contributed by atoms with Crippen LogP contribution in [0.1, 0.15) is 42.9 Å². The summed E-state index contributed by atoms with van der Waals surface area (Å²) < 4.78 is 1.91. The Morgan fingerprint density at radius 3 is 2.85 bits per heavy atom.